The van der Waals surface area contributed by atoms with Crippen LogP contribution in [0.4, 0.5) is 0 Å². The van der Waals surface area contributed by atoms with Crippen molar-refractivity contribution in [3.63, 3.8) is 0 Å². The summed E-state index contributed by atoms with van der Waals surface area (Å²) in [5.74, 6) is -0.113. The molecule has 0 atom stereocenters. The van der Waals surface area contributed by atoms with Crippen LogP contribution in [0.5, 0.6) is 0 Å². The fourth-order valence-corrected chi connectivity index (χ4v) is 1.00. The molecule has 0 heterocycles. The van der Waals surface area contributed by atoms with Crippen LogP contribution >= 0.6 is 0 Å². The van der Waals surface area contributed by atoms with E-state index in [1.54, 1.807) is 6.08 Å². The van der Waals surface area contributed by atoms with Gasteiger partial charge in [0.1, 0.15) is 0 Å². The maximum Gasteiger partial charge on any atom is 0.307 e. The first-order valence-corrected chi connectivity index (χ1v) is 5.28. The number of ether oxygens (including phenoxy) is 1. The molecular formula is C11H21NO2. The summed E-state index contributed by atoms with van der Waals surface area (Å²) < 4.78 is 5.02. The van der Waals surface area contributed by atoms with Crippen LogP contribution in [0.15, 0.2) is 12.7 Å². The lowest BCUT2D eigenvalue weighted by Crippen LogP contribution is -2.19. The lowest BCUT2D eigenvalue weighted by Gasteiger charge is -2.04. The first-order valence-electron chi connectivity index (χ1n) is 5.28. The standard InChI is InChI=1S/C11H21NO2/c1-3-5-6-10-14-11(13)7-9-12-8-4-2/h4,12H,2-3,5-10H2,1H3. The topological polar surface area (TPSA) is 38.3 Å². The Labute approximate surface area is 86.5 Å². The van der Waals surface area contributed by atoms with Gasteiger partial charge in [-0.2, -0.15) is 0 Å². The zero-order chi connectivity index (χ0) is 10.6. The quantitative estimate of drug-likeness (QED) is 0.350. The molecule has 82 valence electrons. The highest BCUT2D eigenvalue weighted by atomic mass is 16.5. The first kappa shape index (κ1) is 13.2. The summed E-state index contributed by atoms with van der Waals surface area (Å²) >= 11 is 0. The fraction of sp³-hybridized carbons (Fsp3) is 0.727. The fourth-order valence-electron chi connectivity index (χ4n) is 1.00. The van der Waals surface area contributed by atoms with E-state index < -0.39 is 0 Å². The molecule has 0 aliphatic rings. The third-order valence-electron chi connectivity index (χ3n) is 1.81. The number of rotatable bonds is 9. The van der Waals surface area contributed by atoms with Crippen LogP contribution in [-0.4, -0.2) is 25.7 Å². The van der Waals surface area contributed by atoms with Gasteiger partial charge < -0.3 is 10.1 Å². The van der Waals surface area contributed by atoms with Crippen LogP contribution in [0.3, 0.4) is 0 Å². The molecule has 0 radical (unpaired) electrons. The molecule has 0 amide bonds. The van der Waals surface area contributed by atoms with Gasteiger partial charge in [0.05, 0.1) is 13.0 Å². The Hall–Kier alpha value is -0.830. The Morgan fingerprint density at radius 1 is 1.50 bits per heavy atom. The Balaban J connectivity index is 3.15. The summed E-state index contributed by atoms with van der Waals surface area (Å²) in [6, 6.07) is 0. The molecule has 0 aromatic carbocycles. The number of esters is 1. The highest BCUT2D eigenvalue weighted by Gasteiger charge is 2.00. The molecule has 0 saturated heterocycles. The highest BCUT2D eigenvalue weighted by Crippen LogP contribution is 1.95. The first-order chi connectivity index (χ1) is 6.81. The number of carbonyl (C=O) groups excluding carboxylic acids is 1. The zero-order valence-corrected chi connectivity index (χ0v) is 9.05. The second kappa shape index (κ2) is 10.3. The molecule has 14 heavy (non-hydrogen) atoms. The van der Waals surface area contributed by atoms with E-state index in [-0.39, 0.29) is 5.97 Å². The Morgan fingerprint density at radius 2 is 2.29 bits per heavy atom. The van der Waals surface area contributed by atoms with Gasteiger partial charge in [0, 0.05) is 13.1 Å². The minimum absolute atomic E-state index is 0.113. The zero-order valence-electron chi connectivity index (χ0n) is 9.05. The summed E-state index contributed by atoms with van der Waals surface area (Å²) in [5, 5.41) is 3.05. The van der Waals surface area contributed by atoms with E-state index in [0.29, 0.717) is 19.6 Å². The highest BCUT2D eigenvalue weighted by molar-refractivity contribution is 5.69. The maximum absolute atomic E-state index is 11.1. The van der Waals surface area contributed by atoms with E-state index >= 15 is 0 Å². The Kier molecular flexibility index (Phi) is 9.64. The van der Waals surface area contributed by atoms with Crippen molar-refractivity contribution >= 4 is 5.97 Å². The Bertz CT molecular complexity index is 157. The van der Waals surface area contributed by atoms with Crippen LogP contribution in [0.2, 0.25) is 0 Å². The molecule has 0 unspecified atom stereocenters. The summed E-state index contributed by atoms with van der Waals surface area (Å²) in [5.41, 5.74) is 0. The van der Waals surface area contributed by atoms with Gasteiger partial charge in [-0.1, -0.05) is 25.8 Å². The van der Waals surface area contributed by atoms with Crippen molar-refractivity contribution in [2.24, 2.45) is 0 Å². The van der Waals surface area contributed by atoms with Crippen molar-refractivity contribution in [3.8, 4) is 0 Å². The van der Waals surface area contributed by atoms with E-state index in [4.69, 9.17) is 4.74 Å². The monoisotopic (exact) mass is 199 g/mol. The van der Waals surface area contributed by atoms with Crippen molar-refractivity contribution in [2.75, 3.05) is 19.7 Å². The normalized spacial score (nSPS) is 9.79. The number of carbonyl (C=O) groups is 1. The van der Waals surface area contributed by atoms with Crippen LogP contribution in [0.25, 0.3) is 0 Å². The van der Waals surface area contributed by atoms with E-state index in [9.17, 15) is 4.79 Å². The van der Waals surface area contributed by atoms with Gasteiger partial charge in [0.2, 0.25) is 0 Å². The molecule has 0 bridgehead atoms. The summed E-state index contributed by atoms with van der Waals surface area (Å²) in [6.07, 6.45) is 5.47. The Morgan fingerprint density at radius 3 is 2.93 bits per heavy atom. The van der Waals surface area contributed by atoms with Gasteiger partial charge in [0.25, 0.3) is 0 Å². The number of unbranched alkanes of at least 4 members (excludes halogenated alkanes) is 2. The molecule has 0 aliphatic heterocycles. The van der Waals surface area contributed by atoms with E-state index in [2.05, 4.69) is 18.8 Å². The average Bonchev–Trinajstić information content (AvgIpc) is 2.19. The van der Waals surface area contributed by atoms with Gasteiger partial charge in [-0.15, -0.1) is 6.58 Å². The molecule has 0 spiro atoms. The maximum atomic E-state index is 11.1. The van der Waals surface area contributed by atoms with Gasteiger partial charge >= 0.3 is 5.97 Å². The lowest BCUT2D eigenvalue weighted by atomic mass is 10.3. The molecule has 0 fully saturated rings. The number of hydrogen-bond acceptors (Lipinski definition) is 3. The van der Waals surface area contributed by atoms with Gasteiger partial charge in [-0.25, -0.2) is 0 Å². The average molecular weight is 199 g/mol. The SMILES string of the molecule is C=CCNCCC(=O)OCCCCC. The number of hydrogen-bond donors (Lipinski definition) is 1. The minimum atomic E-state index is -0.113. The van der Waals surface area contributed by atoms with Crippen LogP contribution in [0.1, 0.15) is 32.6 Å². The molecule has 3 nitrogen and oxygen atoms in total. The van der Waals surface area contributed by atoms with Crippen molar-refractivity contribution in [3.05, 3.63) is 12.7 Å². The lowest BCUT2D eigenvalue weighted by molar-refractivity contribution is -0.143. The van der Waals surface area contributed by atoms with Crippen molar-refractivity contribution in [2.45, 2.75) is 32.6 Å². The summed E-state index contributed by atoms with van der Waals surface area (Å²) in [7, 11) is 0. The van der Waals surface area contributed by atoms with E-state index in [0.717, 1.165) is 25.8 Å². The van der Waals surface area contributed by atoms with Gasteiger partial charge in [-0.3, -0.25) is 4.79 Å². The van der Waals surface area contributed by atoms with Gasteiger partial charge in [-0.05, 0) is 6.42 Å². The van der Waals surface area contributed by atoms with Crippen molar-refractivity contribution in [1.82, 2.24) is 5.32 Å². The van der Waals surface area contributed by atoms with Crippen molar-refractivity contribution < 1.29 is 9.53 Å². The predicted octanol–water partition coefficient (Wildman–Crippen LogP) is 1.89. The molecule has 0 rings (SSSR count). The molecule has 0 aromatic heterocycles. The molecule has 0 aliphatic carbocycles. The summed E-state index contributed by atoms with van der Waals surface area (Å²) in [4.78, 5) is 11.1. The number of nitrogens with one attached hydrogen (secondary N) is 1. The molecule has 0 aromatic rings. The predicted molar refractivity (Wildman–Crippen MR) is 58.2 cm³/mol. The van der Waals surface area contributed by atoms with Gasteiger partial charge in [0.15, 0.2) is 0 Å². The summed E-state index contributed by atoms with van der Waals surface area (Å²) in [6.45, 7) is 7.66. The van der Waals surface area contributed by atoms with Crippen molar-refractivity contribution in [1.29, 1.82) is 0 Å². The van der Waals surface area contributed by atoms with E-state index in [1.165, 1.54) is 0 Å². The molecule has 0 saturated carbocycles. The van der Waals surface area contributed by atoms with Crippen LogP contribution < -0.4 is 5.32 Å². The smallest absolute Gasteiger partial charge is 0.307 e. The second-order valence-corrected chi connectivity index (χ2v) is 3.17. The van der Waals surface area contributed by atoms with Crippen LogP contribution in [0, 0.1) is 0 Å². The van der Waals surface area contributed by atoms with Crippen LogP contribution in [-0.2, 0) is 9.53 Å². The largest absolute Gasteiger partial charge is 0.466 e. The minimum Gasteiger partial charge on any atom is -0.466 e. The molecule has 3 heteroatoms. The molecular weight excluding hydrogens is 178 g/mol. The third-order valence-corrected chi connectivity index (χ3v) is 1.81. The second-order valence-electron chi connectivity index (χ2n) is 3.17. The molecule has 1 N–H and O–H groups in total. The van der Waals surface area contributed by atoms with E-state index in [1.807, 2.05) is 0 Å². The third kappa shape index (κ3) is 9.26.